The van der Waals surface area contributed by atoms with Gasteiger partial charge in [-0.1, -0.05) is 6.07 Å². The number of rotatable bonds is 1. The Morgan fingerprint density at radius 3 is 2.81 bits per heavy atom. The van der Waals surface area contributed by atoms with Crippen LogP contribution in [0.25, 0.3) is 0 Å². The fourth-order valence-corrected chi connectivity index (χ4v) is 2.40. The molecule has 0 saturated carbocycles. The van der Waals surface area contributed by atoms with E-state index in [9.17, 15) is 4.39 Å². The van der Waals surface area contributed by atoms with Crippen LogP contribution in [0.4, 0.5) is 4.39 Å². The summed E-state index contributed by atoms with van der Waals surface area (Å²) in [6, 6.07) is 3.64. The van der Waals surface area contributed by atoms with Gasteiger partial charge in [-0.25, -0.2) is 4.39 Å². The summed E-state index contributed by atoms with van der Waals surface area (Å²) >= 11 is 0. The van der Waals surface area contributed by atoms with Gasteiger partial charge in [0, 0.05) is 0 Å². The van der Waals surface area contributed by atoms with E-state index in [4.69, 9.17) is 9.47 Å². The highest BCUT2D eigenvalue weighted by Crippen LogP contribution is 2.40. The second-order valence-electron chi connectivity index (χ2n) is 4.23. The number of fused-ring (bicyclic) bond motifs is 1. The maximum Gasteiger partial charge on any atom is 0.231 e. The van der Waals surface area contributed by atoms with Crippen LogP contribution in [0.2, 0.25) is 0 Å². The molecule has 2 aliphatic heterocycles. The summed E-state index contributed by atoms with van der Waals surface area (Å²) in [5.74, 6) is 0.879. The molecule has 0 atom stereocenters. The molecule has 86 valence electrons. The lowest BCUT2D eigenvalue weighted by Crippen LogP contribution is -2.27. The van der Waals surface area contributed by atoms with Gasteiger partial charge in [-0.3, -0.25) is 0 Å². The van der Waals surface area contributed by atoms with Crippen LogP contribution in [-0.2, 0) is 0 Å². The maximum atomic E-state index is 14.1. The first kappa shape index (κ1) is 9.90. The van der Waals surface area contributed by atoms with Crippen LogP contribution in [0, 0.1) is 5.82 Å². The molecule has 1 fully saturated rings. The number of benzene rings is 1. The molecule has 0 amide bonds. The Hall–Kier alpha value is -1.29. The monoisotopic (exact) mass is 223 g/mol. The van der Waals surface area contributed by atoms with Gasteiger partial charge in [0.1, 0.15) is 0 Å². The number of hydrogen-bond donors (Lipinski definition) is 1. The van der Waals surface area contributed by atoms with Gasteiger partial charge < -0.3 is 14.8 Å². The molecule has 0 radical (unpaired) electrons. The summed E-state index contributed by atoms with van der Waals surface area (Å²) in [5.41, 5.74) is 0.769. The zero-order chi connectivity index (χ0) is 11.0. The smallest absolute Gasteiger partial charge is 0.231 e. The van der Waals surface area contributed by atoms with E-state index in [1.807, 2.05) is 12.1 Å². The van der Waals surface area contributed by atoms with Gasteiger partial charge in [0.05, 0.1) is 0 Å². The zero-order valence-electron chi connectivity index (χ0n) is 8.96. The Bertz CT molecular complexity index is 402. The van der Waals surface area contributed by atoms with Crippen LogP contribution in [0.3, 0.4) is 0 Å². The molecular weight excluding hydrogens is 209 g/mol. The average molecular weight is 223 g/mol. The van der Waals surface area contributed by atoms with Crippen LogP contribution in [-0.4, -0.2) is 19.9 Å². The molecule has 16 heavy (non-hydrogen) atoms. The lowest BCUT2D eigenvalue weighted by Gasteiger charge is -2.23. The van der Waals surface area contributed by atoms with Crippen LogP contribution >= 0.6 is 0 Å². The van der Waals surface area contributed by atoms with Crippen molar-refractivity contribution in [3.8, 4) is 11.5 Å². The van der Waals surface area contributed by atoms with Crippen molar-refractivity contribution in [2.45, 2.75) is 18.8 Å². The molecule has 0 spiro atoms. The minimum absolute atomic E-state index is 0.127. The Morgan fingerprint density at radius 2 is 2.00 bits per heavy atom. The molecule has 1 saturated heterocycles. The Labute approximate surface area is 93.6 Å². The van der Waals surface area contributed by atoms with Crippen molar-refractivity contribution in [1.82, 2.24) is 5.32 Å². The third-order valence-corrected chi connectivity index (χ3v) is 3.29. The first-order valence-electron chi connectivity index (χ1n) is 5.65. The van der Waals surface area contributed by atoms with E-state index in [1.165, 1.54) is 0 Å². The fourth-order valence-electron chi connectivity index (χ4n) is 2.40. The number of hydrogen-bond acceptors (Lipinski definition) is 3. The third-order valence-electron chi connectivity index (χ3n) is 3.29. The molecule has 2 aliphatic rings. The molecule has 1 N–H and O–H groups in total. The van der Waals surface area contributed by atoms with Crippen molar-refractivity contribution >= 4 is 0 Å². The lowest BCUT2D eigenvalue weighted by atomic mass is 9.89. The molecule has 1 aromatic rings. The van der Waals surface area contributed by atoms with E-state index in [1.54, 1.807) is 0 Å². The van der Waals surface area contributed by atoms with Crippen molar-refractivity contribution in [3.63, 3.8) is 0 Å². The van der Waals surface area contributed by atoms with Gasteiger partial charge >= 0.3 is 0 Å². The van der Waals surface area contributed by atoms with Crippen molar-refractivity contribution in [1.29, 1.82) is 0 Å². The van der Waals surface area contributed by atoms with Crippen LogP contribution in [0.15, 0.2) is 12.1 Å². The van der Waals surface area contributed by atoms with Gasteiger partial charge in [0.2, 0.25) is 12.5 Å². The van der Waals surface area contributed by atoms with E-state index in [2.05, 4.69) is 5.32 Å². The van der Waals surface area contributed by atoms with E-state index < -0.39 is 0 Å². The van der Waals surface area contributed by atoms with Crippen LogP contribution in [0.5, 0.6) is 11.5 Å². The molecule has 0 unspecified atom stereocenters. The molecule has 3 nitrogen and oxygen atoms in total. The highest BCUT2D eigenvalue weighted by Gasteiger charge is 2.25. The van der Waals surface area contributed by atoms with Crippen molar-refractivity contribution in [2.75, 3.05) is 19.9 Å². The molecule has 1 aromatic carbocycles. The van der Waals surface area contributed by atoms with Crippen molar-refractivity contribution in [3.05, 3.63) is 23.5 Å². The largest absolute Gasteiger partial charge is 0.453 e. The van der Waals surface area contributed by atoms with Gasteiger partial charge in [-0.2, -0.15) is 0 Å². The summed E-state index contributed by atoms with van der Waals surface area (Å²) < 4.78 is 24.4. The lowest BCUT2D eigenvalue weighted by molar-refractivity contribution is 0.170. The predicted octanol–water partition coefficient (Wildman–Crippen LogP) is 2.02. The van der Waals surface area contributed by atoms with Gasteiger partial charge in [0.25, 0.3) is 0 Å². The third kappa shape index (κ3) is 1.53. The minimum Gasteiger partial charge on any atom is -0.453 e. The second kappa shape index (κ2) is 3.94. The summed E-state index contributed by atoms with van der Waals surface area (Å²) in [6.45, 7) is 2.04. The standard InChI is InChI=1S/C12H14FNO2/c13-11-9(8-3-5-14-6-4-8)1-2-10-12(11)16-7-15-10/h1-2,8,14H,3-7H2. The Morgan fingerprint density at radius 1 is 1.19 bits per heavy atom. The van der Waals surface area contributed by atoms with E-state index >= 15 is 0 Å². The molecule has 0 bridgehead atoms. The molecular formula is C12H14FNO2. The first-order valence-corrected chi connectivity index (χ1v) is 5.65. The van der Waals surface area contributed by atoms with E-state index in [-0.39, 0.29) is 18.4 Å². The second-order valence-corrected chi connectivity index (χ2v) is 4.23. The topological polar surface area (TPSA) is 30.5 Å². The molecule has 0 aromatic heterocycles. The number of ether oxygens (including phenoxy) is 2. The minimum atomic E-state index is -0.234. The zero-order valence-corrected chi connectivity index (χ0v) is 8.96. The molecule has 2 heterocycles. The average Bonchev–Trinajstić information content (AvgIpc) is 2.80. The van der Waals surface area contributed by atoms with Crippen molar-refractivity contribution in [2.24, 2.45) is 0 Å². The fraction of sp³-hybridized carbons (Fsp3) is 0.500. The molecule has 4 heteroatoms. The molecule has 0 aliphatic carbocycles. The Kier molecular flexibility index (Phi) is 2.44. The highest BCUT2D eigenvalue weighted by molar-refractivity contribution is 5.47. The van der Waals surface area contributed by atoms with Gasteiger partial charge in [0.15, 0.2) is 11.6 Å². The number of nitrogens with one attached hydrogen (secondary N) is 1. The van der Waals surface area contributed by atoms with Crippen LogP contribution in [0.1, 0.15) is 24.3 Å². The summed E-state index contributed by atoms with van der Waals surface area (Å²) in [7, 11) is 0. The summed E-state index contributed by atoms with van der Waals surface area (Å²) in [6.07, 6.45) is 1.97. The maximum absolute atomic E-state index is 14.1. The quantitative estimate of drug-likeness (QED) is 0.790. The van der Waals surface area contributed by atoms with Gasteiger partial charge in [-0.15, -0.1) is 0 Å². The van der Waals surface area contributed by atoms with Crippen molar-refractivity contribution < 1.29 is 13.9 Å². The van der Waals surface area contributed by atoms with E-state index in [0.29, 0.717) is 11.7 Å². The first-order chi connectivity index (χ1) is 7.86. The van der Waals surface area contributed by atoms with Gasteiger partial charge in [-0.05, 0) is 43.5 Å². The number of piperidine rings is 1. The SMILES string of the molecule is Fc1c(C2CCNCC2)ccc2c1OCO2. The molecule has 3 rings (SSSR count). The van der Waals surface area contributed by atoms with E-state index in [0.717, 1.165) is 31.5 Å². The predicted molar refractivity (Wildman–Crippen MR) is 57.4 cm³/mol. The highest BCUT2D eigenvalue weighted by atomic mass is 19.1. The Balaban J connectivity index is 1.95. The normalized spacial score (nSPS) is 20.1. The van der Waals surface area contributed by atoms with Crippen LogP contribution < -0.4 is 14.8 Å². The number of halogens is 1. The summed E-state index contributed by atoms with van der Waals surface area (Å²) in [4.78, 5) is 0. The summed E-state index contributed by atoms with van der Waals surface area (Å²) in [5, 5.41) is 3.28.